The summed E-state index contributed by atoms with van der Waals surface area (Å²) in [6, 6.07) is 0. The SMILES string of the molecule is CC1=C2CC(=O)OC(C)(C)C2=CC[C@@]2(C)[C@H]1C[C@@]1(C)C(=O)[C@]3(C)O[C@H]4OC(=O)[C@@]2(C3=O)[C@H]41. The molecule has 3 aliphatic carbocycles. The molecule has 7 nitrogen and oxygen atoms in total. The standard InChI is InChI=1S/C25H28O7/c1-11-12-9-15(26)31-21(2,3)13(12)7-8-23(5)14(11)10-22(4)16-17-30-20(29)25(16,23)19(28)24(6,32-17)18(22)27/h7,14,16-17H,8-10H2,1-6H3/t14-,16+,17+,22+,23-,24-,25-/m0/s1. The molecule has 2 saturated carbocycles. The maximum atomic E-state index is 14.1. The minimum absolute atomic E-state index is 0.149. The molecular formula is C25H28O7. The Bertz CT molecular complexity index is 1130. The number of ketones is 2. The number of Topliss-reactive ketones (excluding diaryl/α,β-unsaturated/α-hetero) is 2. The van der Waals surface area contributed by atoms with Crippen LogP contribution in [0.4, 0.5) is 0 Å². The fraction of sp³-hybridized carbons (Fsp3) is 0.680. The van der Waals surface area contributed by atoms with Crippen LogP contribution >= 0.6 is 0 Å². The van der Waals surface area contributed by atoms with E-state index in [9.17, 15) is 19.2 Å². The second-order valence-corrected chi connectivity index (χ2v) is 11.6. The van der Waals surface area contributed by atoms with Crippen molar-refractivity contribution in [1.82, 2.24) is 0 Å². The average molecular weight is 440 g/mol. The summed E-state index contributed by atoms with van der Waals surface area (Å²) >= 11 is 0. The Kier molecular flexibility index (Phi) is 3.35. The van der Waals surface area contributed by atoms with Gasteiger partial charge in [0.05, 0.1) is 12.3 Å². The van der Waals surface area contributed by atoms with Gasteiger partial charge in [-0.05, 0) is 57.6 Å². The van der Waals surface area contributed by atoms with E-state index >= 15 is 0 Å². The second kappa shape index (κ2) is 5.27. The van der Waals surface area contributed by atoms with Gasteiger partial charge in [0.25, 0.3) is 0 Å². The van der Waals surface area contributed by atoms with Crippen LogP contribution < -0.4 is 0 Å². The van der Waals surface area contributed by atoms with E-state index in [1.165, 1.54) is 6.92 Å². The number of cyclic esters (lactones) is 1. The quantitative estimate of drug-likeness (QED) is 0.422. The lowest BCUT2D eigenvalue weighted by molar-refractivity contribution is -0.279. The molecule has 0 amide bonds. The first-order valence-corrected chi connectivity index (χ1v) is 11.4. The zero-order valence-corrected chi connectivity index (χ0v) is 19.3. The van der Waals surface area contributed by atoms with E-state index in [1.54, 1.807) is 0 Å². The summed E-state index contributed by atoms with van der Waals surface area (Å²) < 4.78 is 17.2. The van der Waals surface area contributed by atoms with Crippen molar-refractivity contribution >= 4 is 23.5 Å². The molecule has 7 aliphatic rings. The van der Waals surface area contributed by atoms with E-state index in [-0.39, 0.29) is 24.1 Å². The third-order valence-corrected chi connectivity index (χ3v) is 9.76. The van der Waals surface area contributed by atoms with Crippen LogP contribution in [0.5, 0.6) is 0 Å². The number of ether oxygens (including phenoxy) is 3. The molecule has 0 aromatic heterocycles. The van der Waals surface area contributed by atoms with Gasteiger partial charge in [0.1, 0.15) is 11.0 Å². The lowest BCUT2D eigenvalue weighted by atomic mass is 9.34. The molecule has 0 spiro atoms. The van der Waals surface area contributed by atoms with Gasteiger partial charge in [-0.15, -0.1) is 0 Å². The number of allylic oxidation sites excluding steroid dienone is 2. The maximum Gasteiger partial charge on any atom is 0.323 e. The van der Waals surface area contributed by atoms with Gasteiger partial charge < -0.3 is 14.2 Å². The number of fused-ring (bicyclic) bond motifs is 2. The molecule has 6 fully saturated rings. The fourth-order valence-corrected chi connectivity index (χ4v) is 8.36. The van der Waals surface area contributed by atoms with Crippen LogP contribution in [-0.2, 0) is 33.4 Å². The van der Waals surface area contributed by atoms with Crippen LogP contribution in [0.15, 0.2) is 22.8 Å². The molecule has 7 atom stereocenters. The van der Waals surface area contributed by atoms with Gasteiger partial charge >= 0.3 is 11.9 Å². The normalized spacial score (nSPS) is 50.3. The first kappa shape index (κ1) is 20.3. The minimum atomic E-state index is -1.68. The predicted octanol–water partition coefficient (Wildman–Crippen LogP) is 2.82. The molecule has 170 valence electrons. The lowest BCUT2D eigenvalue weighted by Crippen LogP contribution is -2.80. The van der Waals surface area contributed by atoms with Crippen LogP contribution in [0.2, 0.25) is 0 Å². The van der Waals surface area contributed by atoms with Crippen LogP contribution in [-0.4, -0.2) is 41.0 Å². The first-order chi connectivity index (χ1) is 14.7. The number of carbonyl (C=O) groups is 4. The summed E-state index contributed by atoms with van der Waals surface area (Å²) in [4.78, 5) is 53.8. The Labute approximate surface area is 186 Å². The molecule has 0 N–H and O–H groups in total. The molecule has 0 unspecified atom stereocenters. The summed E-state index contributed by atoms with van der Waals surface area (Å²) in [5.74, 6) is -2.47. The van der Waals surface area contributed by atoms with E-state index in [1.807, 2.05) is 40.7 Å². The topological polar surface area (TPSA) is 96.0 Å². The summed E-state index contributed by atoms with van der Waals surface area (Å²) in [6.45, 7) is 11.1. The van der Waals surface area contributed by atoms with Gasteiger partial charge in [-0.2, -0.15) is 0 Å². The van der Waals surface area contributed by atoms with Crippen molar-refractivity contribution in [3.05, 3.63) is 22.8 Å². The number of carbonyl (C=O) groups excluding carboxylic acids is 4. The largest absolute Gasteiger partial charge is 0.455 e. The number of hydrogen-bond donors (Lipinski definition) is 0. The van der Waals surface area contributed by atoms with Crippen LogP contribution in [0.25, 0.3) is 0 Å². The molecule has 4 heterocycles. The highest BCUT2D eigenvalue weighted by molar-refractivity contribution is 6.25. The summed E-state index contributed by atoms with van der Waals surface area (Å²) in [7, 11) is 0. The van der Waals surface area contributed by atoms with Gasteiger partial charge in [-0.1, -0.05) is 25.5 Å². The van der Waals surface area contributed by atoms with E-state index in [0.29, 0.717) is 12.8 Å². The van der Waals surface area contributed by atoms with Gasteiger partial charge in [0, 0.05) is 10.8 Å². The Morgan fingerprint density at radius 1 is 1.00 bits per heavy atom. The summed E-state index contributed by atoms with van der Waals surface area (Å²) in [6.07, 6.45) is 2.23. The number of rotatable bonds is 0. The van der Waals surface area contributed by atoms with Gasteiger partial charge in [0.15, 0.2) is 17.2 Å². The Morgan fingerprint density at radius 2 is 1.69 bits per heavy atom. The van der Waals surface area contributed by atoms with Crippen LogP contribution in [0, 0.1) is 28.1 Å². The van der Waals surface area contributed by atoms with Crippen molar-refractivity contribution in [1.29, 1.82) is 0 Å². The molecule has 0 aromatic carbocycles. The fourth-order valence-electron chi connectivity index (χ4n) is 8.36. The molecule has 0 aromatic rings. The van der Waals surface area contributed by atoms with Gasteiger partial charge in [-0.3, -0.25) is 19.2 Å². The highest BCUT2D eigenvalue weighted by atomic mass is 16.7. The van der Waals surface area contributed by atoms with Crippen molar-refractivity contribution in [3.8, 4) is 0 Å². The third kappa shape index (κ3) is 1.77. The van der Waals surface area contributed by atoms with Crippen molar-refractivity contribution in [2.75, 3.05) is 0 Å². The highest BCUT2D eigenvalue weighted by Crippen LogP contribution is 2.76. The lowest BCUT2D eigenvalue weighted by Gasteiger charge is -2.67. The molecule has 7 rings (SSSR count). The predicted molar refractivity (Wildman–Crippen MR) is 110 cm³/mol. The summed E-state index contributed by atoms with van der Waals surface area (Å²) in [5.41, 5.74) is -2.89. The second-order valence-electron chi connectivity index (χ2n) is 11.6. The van der Waals surface area contributed by atoms with Crippen molar-refractivity contribution < 1.29 is 33.4 Å². The summed E-state index contributed by atoms with van der Waals surface area (Å²) in [5, 5.41) is 0. The van der Waals surface area contributed by atoms with E-state index in [0.717, 1.165) is 16.7 Å². The van der Waals surface area contributed by atoms with Crippen molar-refractivity contribution in [2.45, 2.75) is 78.3 Å². The molecule has 7 heteroatoms. The number of esters is 2. The maximum absolute atomic E-state index is 14.1. The molecule has 4 aliphatic heterocycles. The first-order valence-electron chi connectivity index (χ1n) is 11.4. The zero-order chi connectivity index (χ0) is 23.2. The molecular weight excluding hydrogens is 412 g/mol. The molecule has 4 saturated heterocycles. The number of hydrogen-bond acceptors (Lipinski definition) is 7. The van der Waals surface area contributed by atoms with Gasteiger partial charge in [0.2, 0.25) is 6.29 Å². The minimum Gasteiger partial charge on any atom is -0.455 e. The van der Waals surface area contributed by atoms with E-state index in [2.05, 4.69) is 0 Å². The third-order valence-electron chi connectivity index (χ3n) is 9.76. The van der Waals surface area contributed by atoms with Gasteiger partial charge in [-0.25, -0.2) is 0 Å². The smallest absolute Gasteiger partial charge is 0.323 e. The van der Waals surface area contributed by atoms with Crippen LogP contribution in [0.3, 0.4) is 0 Å². The Hall–Kier alpha value is -2.28. The average Bonchev–Trinajstić information content (AvgIpc) is 2.90. The van der Waals surface area contributed by atoms with Crippen molar-refractivity contribution in [3.63, 3.8) is 0 Å². The van der Waals surface area contributed by atoms with E-state index in [4.69, 9.17) is 14.2 Å². The molecule has 5 bridgehead atoms. The molecule has 0 radical (unpaired) electrons. The zero-order valence-electron chi connectivity index (χ0n) is 19.3. The highest BCUT2D eigenvalue weighted by Gasteiger charge is 2.89. The Morgan fingerprint density at radius 3 is 2.38 bits per heavy atom. The molecule has 32 heavy (non-hydrogen) atoms. The monoisotopic (exact) mass is 440 g/mol. The van der Waals surface area contributed by atoms with Crippen LogP contribution in [0.1, 0.15) is 60.8 Å². The Balaban J connectivity index is 1.66. The van der Waals surface area contributed by atoms with Crippen molar-refractivity contribution in [2.24, 2.45) is 28.1 Å². The van der Waals surface area contributed by atoms with E-state index < -0.39 is 51.4 Å².